The topological polar surface area (TPSA) is 43.6 Å². The third kappa shape index (κ3) is 1.76. The lowest BCUT2D eigenvalue weighted by molar-refractivity contribution is 0.852. The fraction of sp³-hybridized carbons (Fsp3) is 0.0833. The third-order valence-corrected chi connectivity index (χ3v) is 3.54. The molecule has 1 aromatic carbocycles. The summed E-state index contributed by atoms with van der Waals surface area (Å²) in [5, 5.41) is 6.60. The van der Waals surface area contributed by atoms with Gasteiger partial charge in [0.2, 0.25) is 0 Å². The number of para-hydroxylation sites is 1. The van der Waals surface area contributed by atoms with Crippen molar-refractivity contribution in [3.05, 3.63) is 41.8 Å². The molecule has 4 nitrogen and oxygen atoms in total. The second-order valence-electron chi connectivity index (χ2n) is 3.62. The van der Waals surface area contributed by atoms with Crippen LogP contribution in [0.4, 0.5) is 0 Å². The summed E-state index contributed by atoms with van der Waals surface area (Å²) < 4.78 is 1.79. The Balaban J connectivity index is 2.35. The molecule has 90 valence electrons. The highest BCUT2D eigenvalue weighted by atomic mass is 35.5. The zero-order valence-corrected chi connectivity index (χ0v) is 11.1. The lowest BCUT2D eigenvalue weighted by atomic mass is 10.3. The number of halogens is 1. The molecule has 0 aliphatic rings. The molecule has 0 radical (unpaired) electrons. The van der Waals surface area contributed by atoms with Crippen molar-refractivity contribution >= 4 is 34.4 Å². The van der Waals surface area contributed by atoms with Crippen LogP contribution in [0.25, 0.3) is 16.7 Å². The molecule has 6 heteroatoms. The average Bonchev–Trinajstić information content (AvgIpc) is 2.80. The van der Waals surface area contributed by atoms with Crippen molar-refractivity contribution in [1.29, 1.82) is 0 Å². The molecule has 0 saturated carbocycles. The largest absolute Gasteiger partial charge is 0.224 e. The minimum Gasteiger partial charge on any atom is -0.224 e. The maximum atomic E-state index is 6.12. The van der Waals surface area contributed by atoms with Gasteiger partial charge in [-0.25, -0.2) is 14.6 Å². The second kappa shape index (κ2) is 4.59. The van der Waals surface area contributed by atoms with Gasteiger partial charge in [0.05, 0.1) is 11.1 Å². The summed E-state index contributed by atoms with van der Waals surface area (Å²) in [5.41, 5.74) is 1.68. The van der Waals surface area contributed by atoms with Gasteiger partial charge < -0.3 is 0 Å². The Morgan fingerprint density at radius 2 is 1.94 bits per heavy atom. The van der Waals surface area contributed by atoms with E-state index in [4.69, 9.17) is 11.6 Å². The summed E-state index contributed by atoms with van der Waals surface area (Å²) in [5.74, 6) is 0. The number of rotatable bonds is 2. The van der Waals surface area contributed by atoms with Gasteiger partial charge in [0.15, 0.2) is 5.65 Å². The van der Waals surface area contributed by atoms with Gasteiger partial charge in [-0.1, -0.05) is 29.8 Å². The highest BCUT2D eigenvalue weighted by Gasteiger charge is 2.15. The first-order chi connectivity index (χ1) is 8.81. The first kappa shape index (κ1) is 11.5. The van der Waals surface area contributed by atoms with Crippen molar-refractivity contribution in [2.45, 2.75) is 5.03 Å². The average molecular weight is 277 g/mol. The zero-order chi connectivity index (χ0) is 12.5. The van der Waals surface area contributed by atoms with Gasteiger partial charge >= 0.3 is 0 Å². The van der Waals surface area contributed by atoms with E-state index in [2.05, 4.69) is 15.1 Å². The highest BCUT2D eigenvalue weighted by molar-refractivity contribution is 7.98. The molecule has 0 fully saturated rings. The quantitative estimate of drug-likeness (QED) is 0.533. The van der Waals surface area contributed by atoms with E-state index >= 15 is 0 Å². The van der Waals surface area contributed by atoms with Crippen LogP contribution in [0.15, 0.2) is 41.7 Å². The lowest BCUT2D eigenvalue weighted by Gasteiger charge is -2.01. The van der Waals surface area contributed by atoms with Crippen LogP contribution in [-0.4, -0.2) is 26.0 Å². The van der Waals surface area contributed by atoms with E-state index < -0.39 is 0 Å². The van der Waals surface area contributed by atoms with Crippen molar-refractivity contribution in [3.63, 3.8) is 0 Å². The molecule has 0 aliphatic carbocycles. The number of nitrogens with zero attached hydrogens (tertiary/aromatic N) is 4. The van der Waals surface area contributed by atoms with Gasteiger partial charge in [0, 0.05) is 0 Å². The summed E-state index contributed by atoms with van der Waals surface area (Å²) in [6.45, 7) is 0. The number of hydrogen-bond acceptors (Lipinski definition) is 4. The Morgan fingerprint density at radius 3 is 2.67 bits per heavy atom. The van der Waals surface area contributed by atoms with Crippen molar-refractivity contribution in [3.8, 4) is 5.69 Å². The Kier molecular flexibility index (Phi) is 2.93. The Hall–Kier alpha value is -1.59. The van der Waals surface area contributed by atoms with Crippen LogP contribution in [0.2, 0.25) is 5.15 Å². The van der Waals surface area contributed by atoms with Crippen LogP contribution in [0.3, 0.4) is 0 Å². The molecule has 18 heavy (non-hydrogen) atoms. The fourth-order valence-electron chi connectivity index (χ4n) is 1.78. The SMILES string of the molecule is CSc1nn(-c2ccccc2)c2ncnc(Cl)c12. The van der Waals surface area contributed by atoms with Crippen molar-refractivity contribution in [1.82, 2.24) is 19.7 Å². The molecule has 0 amide bonds. The van der Waals surface area contributed by atoms with Gasteiger partial charge in [0.25, 0.3) is 0 Å². The molecule has 0 bridgehead atoms. The summed E-state index contributed by atoms with van der Waals surface area (Å²) in [4.78, 5) is 8.29. The molecular formula is C12H9ClN4S. The van der Waals surface area contributed by atoms with Crippen molar-refractivity contribution < 1.29 is 0 Å². The molecule has 3 rings (SSSR count). The van der Waals surface area contributed by atoms with E-state index in [1.165, 1.54) is 18.1 Å². The number of thioether (sulfide) groups is 1. The minimum absolute atomic E-state index is 0.437. The van der Waals surface area contributed by atoms with Gasteiger partial charge in [-0.05, 0) is 18.4 Å². The van der Waals surface area contributed by atoms with E-state index in [1.807, 2.05) is 36.6 Å². The summed E-state index contributed by atoms with van der Waals surface area (Å²) in [6.07, 6.45) is 3.41. The van der Waals surface area contributed by atoms with Crippen LogP contribution >= 0.6 is 23.4 Å². The van der Waals surface area contributed by atoms with E-state index in [0.29, 0.717) is 5.15 Å². The maximum Gasteiger partial charge on any atom is 0.168 e. The molecule has 0 N–H and O–H groups in total. The van der Waals surface area contributed by atoms with Crippen LogP contribution in [0, 0.1) is 0 Å². The van der Waals surface area contributed by atoms with Gasteiger partial charge in [-0.2, -0.15) is 5.10 Å². The van der Waals surface area contributed by atoms with Gasteiger partial charge in [-0.15, -0.1) is 11.8 Å². The summed E-state index contributed by atoms with van der Waals surface area (Å²) in [6, 6.07) is 9.85. The molecular weight excluding hydrogens is 268 g/mol. The van der Waals surface area contributed by atoms with Crippen LogP contribution < -0.4 is 0 Å². The zero-order valence-electron chi connectivity index (χ0n) is 9.54. The molecule has 2 heterocycles. The predicted molar refractivity (Wildman–Crippen MR) is 73.5 cm³/mol. The standard InChI is InChI=1S/C12H9ClN4S/c1-18-12-9-10(13)14-7-15-11(9)17(16-12)8-5-3-2-4-6-8/h2-7H,1H3. The normalized spacial score (nSPS) is 11.0. The van der Waals surface area contributed by atoms with Crippen molar-refractivity contribution in [2.75, 3.05) is 6.26 Å². The van der Waals surface area contributed by atoms with Crippen molar-refractivity contribution in [2.24, 2.45) is 0 Å². The van der Waals surface area contributed by atoms with Gasteiger partial charge in [-0.3, -0.25) is 0 Å². The van der Waals surface area contributed by atoms with Gasteiger partial charge in [0.1, 0.15) is 16.5 Å². The smallest absolute Gasteiger partial charge is 0.168 e. The highest BCUT2D eigenvalue weighted by Crippen LogP contribution is 2.30. The van der Waals surface area contributed by atoms with E-state index in [9.17, 15) is 0 Å². The maximum absolute atomic E-state index is 6.12. The minimum atomic E-state index is 0.437. The second-order valence-corrected chi connectivity index (χ2v) is 4.77. The molecule has 0 unspecified atom stereocenters. The van der Waals surface area contributed by atoms with Crippen LogP contribution in [-0.2, 0) is 0 Å². The number of benzene rings is 1. The van der Waals surface area contributed by atoms with Crippen LogP contribution in [0.1, 0.15) is 0 Å². The monoisotopic (exact) mass is 276 g/mol. The first-order valence-corrected chi connectivity index (χ1v) is 6.90. The molecule has 0 aliphatic heterocycles. The predicted octanol–water partition coefficient (Wildman–Crippen LogP) is 3.19. The number of aromatic nitrogens is 4. The number of fused-ring (bicyclic) bond motifs is 1. The Bertz CT molecular complexity index is 696. The molecule has 0 saturated heterocycles. The fourth-order valence-corrected chi connectivity index (χ4v) is 2.61. The molecule has 2 aromatic heterocycles. The number of hydrogen-bond donors (Lipinski definition) is 0. The third-order valence-electron chi connectivity index (χ3n) is 2.58. The lowest BCUT2D eigenvalue weighted by Crippen LogP contribution is -1.97. The Labute approximate surface area is 113 Å². The van der Waals surface area contributed by atoms with E-state index in [-0.39, 0.29) is 0 Å². The van der Waals surface area contributed by atoms with E-state index in [1.54, 1.807) is 4.68 Å². The first-order valence-electron chi connectivity index (χ1n) is 5.30. The molecule has 0 atom stereocenters. The molecule has 3 aromatic rings. The van der Waals surface area contributed by atoms with E-state index in [0.717, 1.165) is 21.7 Å². The summed E-state index contributed by atoms with van der Waals surface area (Å²) in [7, 11) is 0. The Morgan fingerprint density at radius 1 is 1.17 bits per heavy atom. The summed E-state index contributed by atoms with van der Waals surface area (Å²) >= 11 is 7.66. The van der Waals surface area contributed by atoms with Crippen LogP contribution in [0.5, 0.6) is 0 Å². The molecule has 0 spiro atoms.